The van der Waals surface area contributed by atoms with Crippen LogP contribution in [0, 0.1) is 0 Å². The van der Waals surface area contributed by atoms with Crippen LogP contribution >= 0.6 is 0 Å². The molecule has 4 aromatic rings. The largest absolute Gasteiger partial charge is 0.497 e. The summed E-state index contributed by atoms with van der Waals surface area (Å²) in [6.45, 7) is 0. The van der Waals surface area contributed by atoms with E-state index in [2.05, 4.69) is 24.3 Å². The molecule has 0 saturated carbocycles. The summed E-state index contributed by atoms with van der Waals surface area (Å²) >= 11 is 0. The molecule has 0 unspecified atom stereocenters. The van der Waals surface area contributed by atoms with Gasteiger partial charge < -0.3 is 13.9 Å². The predicted molar refractivity (Wildman–Crippen MR) is 109 cm³/mol. The molecule has 0 saturated heterocycles. The number of hydrogen-bond donors (Lipinski definition) is 0. The molecule has 4 rings (SSSR count). The summed E-state index contributed by atoms with van der Waals surface area (Å²) in [5.41, 5.74) is 5.14. The van der Waals surface area contributed by atoms with Crippen molar-refractivity contribution >= 4 is 17.8 Å². The maximum atomic E-state index is 5.22. The predicted octanol–water partition coefficient (Wildman–Crippen LogP) is 5.19. The number of nitrogens with zero attached hydrogens (tertiary/aromatic N) is 2. The molecular formula is C23H20N2O2. The average molecular weight is 356 g/mol. The zero-order valence-corrected chi connectivity index (χ0v) is 15.3. The van der Waals surface area contributed by atoms with Gasteiger partial charge in [-0.3, -0.25) is 0 Å². The maximum Gasteiger partial charge on any atom is 0.138 e. The first-order valence-electron chi connectivity index (χ1n) is 8.70. The topological polar surface area (TPSA) is 35.8 Å². The van der Waals surface area contributed by atoms with Gasteiger partial charge in [-0.05, 0) is 59.7 Å². The molecule has 0 aliphatic carbocycles. The van der Waals surface area contributed by atoms with Gasteiger partial charge in [0.2, 0.25) is 0 Å². The van der Waals surface area contributed by atoms with Crippen LogP contribution in [0.3, 0.4) is 0 Å². The minimum Gasteiger partial charge on any atom is -0.497 e. The van der Waals surface area contributed by atoms with Crippen molar-refractivity contribution in [2.45, 2.75) is 0 Å². The van der Waals surface area contributed by atoms with Crippen molar-refractivity contribution in [1.29, 1.82) is 0 Å². The van der Waals surface area contributed by atoms with Crippen LogP contribution in [0.2, 0.25) is 0 Å². The second kappa shape index (κ2) is 7.38. The molecule has 0 bridgehead atoms. The molecule has 27 heavy (non-hydrogen) atoms. The third-order valence-corrected chi connectivity index (χ3v) is 4.45. The van der Waals surface area contributed by atoms with Crippen molar-refractivity contribution in [3.63, 3.8) is 0 Å². The van der Waals surface area contributed by atoms with E-state index in [1.807, 2.05) is 65.3 Å². The minimum absolute atomic E-state index is 0.841. The van der Waals surface area contributed by atoms with E-state index in [9.17, 15) is 0 Å². The summed E-state index contributed by atoms with van der Waals surface area (Å²) in [6.07, 6.45) is 8.24. The van der Waals surface area contributed by atoms with Crippen molar-refractivity contribution < 1.29 is 9.47 Å². The molecule has 4 nitrogen and oxygen atoms in total. The second-order valence-corrected chi connectivity index (χ2v) is 6.19. The smallest absolute Gasteiger partial charge is 0.138 e. The van der Waals surface area contributed by atoms with Crippen LogP contribution in [0.1, 0.15) is 11.1 Å². The molecule has 0 amide bonds. The first-order valence-corrected chi connectivity index (χ1v) is 8.70. The Bertz CT molecular complexity index is 1080. The molecule has 134 valence electrons. The molecule has 2 heterocycles. The Hall–Kier alpha value is -3.53. The summed E-state index contributed by atoms with van der Waals surface area (Å²) in [6, 6.07) is 20.1. The standard InChI is InChI=1S/C23H20N2O2/c1-26-20-9-5-17(6-10-20)3-4-18-13-14-25-16-22(24-23(25)15-18)19-7-11-21(27-2)12-8-19/h3-16H,1-2H3/b4-3+. The SMILES string of the molecule is COc1ccc(/C=C/c2ccn3cc(-c4ccc(OC)cc4)nc3c2)cc1. The van der Waals surface area contributed by atoms with Gasteiger partial charge in [-0.1, -0.05) is 24.3 Å². The summed E-state index contributed by atoms with van der Waals surface area (Å²) in [5.74, 6) is 1.70. The van der Waals surface area contributed by atoms with Crippen molar-refractivity contribution in [1.82, 2.24) is 9.38 Å². The first kappa shape index (κ1) is 16.9. The highest BCUT2D eigenvalue weighted by molar-refractivity contribution is 5.72. The molecule has 0 aliphatic heterocycles. The van der Waals surface area contributed by atoms with Gasteiger partial charge in [0.15, 0.2) is 0 Å². The number of hydrogen-bond acceptors (Lipinski definition) is 3. The van der Waals surface area contributed by atoms with Crippen LogP contribution in [0.5, 0.6) is 11.5 Å². The van der Waals surface area contributed by atoms with E-state index < -0.39 is 0 Å². The summed E-state index contributed by atoms with van der Waals surface area (Å²) in [5, 5.41) is 0. The minimum atomic E-state index is 0.841. The second-order valence-electron chi connectivity index (χ2n) is 6.19. The fourth-order valence-corrected chi connectivity index (χ4v) is 2.91. The van der Waals surface area contributed by atoms with Gasteiger partial charge in [-0.15, -0.1) is 0 Å². The van der Waals surface area contributed by atoms with Crippen LogP contribution in [0.4, 0.5) is 0 Å². The van der Waals surface area contributed by atoms with Crippen molar-refractivity contribution in [2.75, 3.05) is 14.2 Å². The van der Waals surface area contributed by atoms with E-state index >= 15 is 0 Å². The van der Waals surface area contributed by atoms with Gasteiger partial charge >= 0.3 is 0 Å². The van der Waals surface area contributed by atoms with Crippen molar-refractivity contribution in [3.8, 4) is 22.8 Å². The number of aromatic nitrogens is 2. The van der Waals surface area contributed by atoms with Gasteiger partial charge in [0, 0.05) is 18.0 Å². The highest BCUT2D eigenvalue weighted by Crippen LogP contribution is 2.23. The monoisotopic (exact) mass is 356 g/mol. The van der Waals surface area contributed by atoms with Crippen LogP contribution < -0.4 is 9.47 Å². The van der Waals surface area contributed by atoms with Gasteiger partial charge in [0.25, 0.3) is 0 Å². The van der Waals surface area contributed by atoms with Crippen molar-refractivity contribution in [3.05, 3.63) is 84.2 Å². The molecule has 0 fully saturated rings. The molecule has 0 aliphatic rings. The van der Waals surface area contributed by atoms with Crippen LogP contribution in [0.15, 0.2) is 73.1 Å². The maximum absolute atomic E-state index is 5.22. The van der Waals surface area contributed by atoms with E-state index in [4.69, 9.17) is 14.5 Å². The van der Waals surface area contributed by atoms with E-state index in [1.54, 1.807) is 14.2 Å². The molecule has 2 aromatic carbocycles. The number of methoxy groups -OCH3 is 2. The fraction of sp³-hybridized carbons (Fsp3) is 0.0870. The Kier molecular flexibility index (Phi) is 4.62. The van der Waals surface area contributed by atoms with Crippen LogP contribution in [0.25, 0.3) is 29.1 Å². The van der Waals surface area contributed by atoms with E-state index in [0.29, 0.717) is 0 Å². The molecule has 2 aromatic heterocycles. The molecule has 0 radical (unpaired) electrons. The lowest BCUT2D eigenvalue weighted by molar-refractivity contribution is 0.414. The number of pyridine rings is 1. The average Bonchev–Trinajstić information content (AvgIpc) is 3.16. The van der Waals surface area contributed by atoms with E-state index in [1.165, 1.54) is 0 Å². The third-order valence-electron chi connectivity index (χ3n) is 4.45. The quantitative estimate of drug-likeness (QED) is 0.494. The Morgan fingerprint density at radius 1 is 0.778 bits per heavy atom. The lowest BCUT2D eigenvalue weighted by atomic mass is 10.1. The molecular weight excluding hydrogens is 336 g/mol. The Morgan fingerprint density at radius 2 is 1.41 bits per heavy atom. The fourth-order valence-electron chi connectivity index (χ4n) is 2.91. The summed E-state index contributed by atoms with van der Waals surface area (Å²) < 4.78 is 12.4. The Morgan fingerprint density at radius 3 is 2.07 bits per heavy atom. The highest BCUT2D eigenvalue weighted by atomic mass is 16.5. The number of imidazole rings is 1. The van der Waals surface area contributed by atoms with Gasteiger partial charge in [-0.25, -0.2) is 4.98 Å². The Labute approximate surface area is 158 Å². The number of fused-ring (bicyclic) bond motifs is 1. The van der Waals surface area contributed by atoms with E-state index in [0.717, 1.165) is 39.5 Å². The zero-order valence-electron chi connectivity index (χ0n) is 15.3. The van der Waals surface area contributed by atoms with Gasteiger partial charge in [-0.2, -0.15) is 0 Å². The van der Waals surface area contributed by atoms with Gasteiger partial charge in [0.1, 0.15) is 17.1 Å². The van der Waals surface area contributed by atoms with Crippen LogP contribution in [-0.2, 0) is 0 Å². The zero-order chi connectivity index (χ0) is 18.6. The van der Waals surface area contributed by atoms with Gasteiger partial charge in [0.05, 0.1) is 19.9 Å². The molecule has 0 spiro atoms. The number of rotatable bonds is 5. The molecule has 0 atom stereocenters. The normalized spacial score (nSPS) is 11.2. The molecule has 0 N–H and O–H groups in total. The molecule has 4 heteroatoms. The van der Waals surface area contributed by atoms with E-state index in [-0.39, 0.29) is 0 Å². The third kappa shape index (κ3) is 3.70. The Balaban J connectivity index is 1.58. The summed E-state index contributed by atoms with van der Waals surface area (Å²) in [4.78, 5) is 4.75. The summed E-state index contributed by atoms with van der Waals surface area (Å²) in [7, 11) is 3.34. The van der Waals surface area contributed by atoms with Crippen LogP contribution in [-0.4, -0.2) is 23.6 Å². The van der Waals surface area contributed by atoms with Crippen molar-refractivity contribution in [2.24, 2.45) is 0 Å². The highest BCUT2D eigenvalue weighted by Gasteiger charge is 2.05. The lowest BCUT2D eigenvalue weighted by Gasteiger charge is -1.99. The lowest BCUT2D eigenvalue weighted by Crippen LogP contribution is -1.83. The first-order chi connectivity index (χ1) is 13.2. The number of ether oxygens (including phenoxy) is 2. The number of benzene rings is 2.